The molecule has 0 saturated heterocycles. The number of carboxylic acids is 1. The molecule has 0 radical (unpaired) electrons. The van der Waals surface area contributed by atoms with Gasteiger partial charge in [0.1, 0.15) is 0 Å². The number of hydrogen-bond donors (Lipinski definition) is 2. The van der Waals surface area contributed by atoms with Gasteiger partial charge in [0.25, 0.3) is 0 Å². The minimum Gasteiger partial charge on any atom is -0.481 e. The molecule has 7 heteroatoms. The zero-order valence-corrected chi connectivity index (χ0v) is 11.7. The third-order valence-corrected chi connectivity index (χ3v) is 3.90. The van der Waals surface area contributed by atoms with Crippen molar-refractivity contribution in [3.05, 3.63) is 35.4 Å². The zero-order valence-electron chi connectivity index (χ0n) is 11.7. The maximum Gasteiger partial charge on any atom is 0.416 e. The van der Waals surface area contributed by atoms with Gasteiger partial charge in [-0.05, 0) is 37.0 Å². The molecule has 0 heterocycles. The number of halogens is 3. The van der Waals surface area contributed by atoms with E-state index in [9.17, 15) is 22.8 Å². The quantitative estimate of drug-likeness (QED) is 0.898. The molecule has 1 aliphatic carbocycles. The Morgan fingerprint density at radius 2 is 1.73 bits per heavy atom. The predicted octanol–water partition coefficient (Wildman–Crippen LogP) is 2.82. The van der Waals surface area contributed by atoms with E-state index in [1.54, 1.807) is 0 Å². The Morgan fingerprint density at radius 1 is 1.14 bits per heavy atom. The molecule has 1 aromatic rings. The highest BCUT2D eigenvalue weighted by molar-refractivity contribution is 5.80. The average Bonchev–Trinajstić information content (AvgIpc) is 2.94. The first-order chi connectivity index (χ1) is 10.3. The van der Waals surface area contributed by atoms with Gasteiger partial charge in [0.05, 0.1) is 11.5 Å². The highest BCUT2D eigenvalue weighted by Crippen LogP contribution is 2.31. The van der Waals surface area contributed by atoms with Gasteiger partial charge in [-0.15, -0.1) is 0 Å². The Balaban J connectivity index is 1.85. The summed E-state index contributed by atoms with van der Waals surface area (Å²) in [6.45, 7) is 0.130. The van der Waals surface area contributed by atoms with Crippen LogP contribution in [0.15, 0.2) is 24.3 Å². The molecular weight excluding hydrogens is 299 g/mol. The summed E-state index contributed by atoms with van der Waals surface area (Å²) in [5.41, 5.74) is -0.170. The van der Waals surface area contributed by atoms with Gasteiger partial charge in [0.15, 0.2) is 0 Å². The molecular formula is C15H16F3NO3. The molecule has 0 aromatic heterocycles. The normalized spacial score (nSPS) is 21.6. The summed E-state index contributed by atoms with van der Waals surface area (Å²) in [7, 11) is 0. The van der Waals surface area contributed by atoms with E-state index < -0.39 is 23.6 Å². The molecule has 2 N–H and O–H groups in total. The molecule has 1 saturated carbocycles. The van der Waals surface area contributed by atoms with Gasteiger partial charge in [-0.3, -0.25) is 9.59 Å². The van der Waals surface area contributed by atoms with Gasteiger partial charge in [-0.2, -0.15) is 13.2 Å². The van der Waals surface area contributed by atoms with Crippen molar-refractivity contribution in [2.75, 3.05) is 0 Å². The summed E-state index contributed by atoms with van der Waals surface area (Å²) in [4.78, 5) is 22.8. The maximum absolute atomic E-state index is 12.4. The summed E-state index contributed by atoms with van der Waals surface area (Å²) in [6, 6.07) is 4.57. The van der Waals surface area contributed by atoms with Gasteiger partial charge < -0.3 is 10.4 Å². The molecule has 4 nitrogen and oxygen atoms in total. The fourth-order valence-electron chi connectivity index (χ4n) is 2.59. The molecule has 0 unspecified atom stereocenters. The largest absolute Gasteiger partial charge is 0.481 e. The Bertz CT molecular complexity index is 554. The number of carbonyl (C=O) groups is 2. The standard InChI is InChI=1S/C15H16F3NO3/c16-15(17,18)12-5-1-9(2-6-12)8-19-13(20)10-3-4-11(7-10)14(21)22/h1-2,5-6,10-11H,3-4,7-8H2,(H,19,20)(H,21,22)/t10-,11+/m0/s1. The lowest BCUT2D eigenvalue weighted by atomic mass is 10.0. The minimum atomic E-state index is -4.38. The first-order valence-corrected chi connectivity index (χ1v) is 6.94. The van der Waals surface area contributed by atoms with Crippen LogP contribution in [0.25, 0.3) is 0 Å². The van der Waals surface area contributed by atoms with Crippen molar-refractivity contribution in [1.29, 1.82) is 0 Å². The number of nitrogens with one attached hydrogen (secondary N) is 1. The van der Waals surface area contributed by atoms with Crippen LogP contribution in [0.5, 0.6) is 0 Å². The van der Waals surface area contributed by atoms with Gasteiger partial charge in [-0.1, -0.05) is 12.1 Å². The Labute approximate surface area is 125 Å². The Morgan fingerprint density at radius 3 is 2.23 bits per heavy atom. The first-order valence-electron chi connectivity index (χ1n) is 6.94. The number of carbonyl (C=O) groups excluding carboxylic acids is 1. The van der Waals surface area contributed by atoms with E-state index in [4.69, 9.17) is 5.11 Å². The minimum absolute atomic E-state index is 0.130. The number of amides is 1. The van der Waals surface area contributed by atoms with Crippen molar-refractivity contribution in [3.8, 4) is 0 Å². The number of benzene rings is 1. The lowest BCUT2D eigenvalue weighted by molar-refractivity contribution is -0.141. The van der Waals surface area contributed by atoms with Crippen LogP contribution in [0.4, 0.5) is 13.2 Å². The molecule has 22 heavy (non-hydrogen) atoms. The second-order valence-electron chi connectivity index (χ2n) is 5.46. The average molecular weight is 315 g/mol. The van der Waals surface area contributed by atoms with Gasteiger partial charge in [0, 0.05) is 12.5 Å². The van der Waals surface area contributed by atoms with Crippen LogP contribution in [-0.4, -0.2) is 17.0 Å². The number of rotatable bonds is 4. The van der Waals surface area contributed by atoms with E-state index in [2.05, 4.69) is 5.32 Å². The lowest BCUT2D eigenvalue weighted by Gasteiger charge is -2.12. The molecule has 120 valence electrons. The Hall–Kier alpha value is -2.05. The molecule has 1 fully saturated rings. The molecule has 2 atom stereocenters. The third kappa shape index (κ3) is 3.99. The van der Waals surface area contributed by atoms with E-state index in [0.717, 1.165) is 12.1 Å². The monoisotopic (exact) mass is 315 g/mol. The smallest absolute Gasteiger partial charge is 0.416 e. The topological polar surface area (TPSA) is 66.4 Å². The van der Waals surface area contributed by atoms with Crippen LogP contribution in [0.1, 0.15) is 30.4 Å². The lowest BCUT2D eigenvalue weighted by Crippen LogP contribution is -2.29. The molecule has 0 bridgehead atoms. The van der Waals surface area contributed by atoms with Gasteiger partial charge in [0.2, 0.25) is 5.91 Å². The summed E-state index contributed by atoms with van der Waals surface area (Å²) in [6.07, 6.45) is -3.06. The Kier molecular flexibility index (Phi) is 4.73. The number of carboxylic acid groups (broad SMARTS) is 1. The van der Waals surface area contributed by atoms with Crippen molar-refractivity contribution in [2.24, 2.45) is 11.8 Å². The van der Waals surface area contributed by atoms with Gasteiger partial charge in [-0.25, -0.2) is 0 Å². The summed E-state index contributed by atoms with van der Waals surface area (Å²) >= 11 is 0. The van der Waals surface area contributed by atoms with Crippen molar-refractivity contribution in [2.45, 2.75) is 32.0 Å². The first kappa shape index (κ1) is 16.3. The number of alkyl halides is 3. The molecule has 1 amide bonds. The van der Waals surface area contributed by atoms with Crippen LogP contribution in [0.2, 0.25) is 0 Å². The maximum atomic E-state index is 12.4. The fraction of sp³-hybridized carbons (Fsp3) is 0.467. The number of aliphatic carboxylic acids is 1. The van der Waals surface area contributed by atoms with Crippen molar-refractivity contribution >= 4 is 11.9 Å². The highest BCUT2D eigenvalue weighted by Gasteiger charge is 2.33. The van der Waals surface area contributed by atoms with E-state index in [-0.39, 0.29) is 18.4 Å². The molecule has 1 aromatic carbocycles. The van der Waals surface area contributed by atoms with Crippen LogP contribution in [0, 0.1) is 11.8 Å². The van der Waals surface area contributed by atoms with Crippen LogP contribution in [0.3, 0.4) is 0 Å². The SMILES string of the molecule is O=C(O)[C@@H]1CC[C@H](C(=O)NCc2ccc(C(F)(F)F)cc2)C1. The second kappa shape index (κ2) is 6.37. The zero-order chi connectivity index (χ0) is 16.3. The highest BCUT2D eigenvalue weighted by atomic mass is 19.4. The number of hydrogen-bond acceptors (Lipinski definition) is 2. The van der Waals surface area contributed by atoms with Crippen LogP contribution < -0.4 is 5.32 Å². The fourth-order valence-corrected chi connectivity index (χ4v) is 2.59. The second-order valence-corrected chi connectivity index (χ2v) is 5.46. The summed E-state index contributed by atoms with van der Waals surface area (Å²) in [5, 5.41) is 11.5. The van der Waals surface area contributed by atoms with Crippen LogP contribution in [-0.2, 0) is 22.3 Å². The molecule has 2 rings (SSSR count). The molecule has 0 spiro atoms. The van der Waals surface area contributed by atoms with Crippen molar-refractivity contribution in [1.82, 2.24) is 5.32 Å². The summed E-state index contributed by atoms with van der Waals surface area (Å²) in [5.74, 6) is -1.96. The molecule has 0 aliphatic heterocycles. The van der Waals surface area contributed by atoms with Crippen molar-refractivity contribution in [3.63, 3.8) is 0 Å². The van der Waals surface area contributed by atoms with Crippen molar-refractivity contribution < 1.29 is 27.9 Å². The van der Waals surface area contributed by atoms with E-state index in [0.29, 0.717) is 24.8 Å². The molecule has 1 aliphatic rings. The van der Waals surface area contributed by atoms with E-state index in [1.807, 2.05) is 0 Å². The predicted molar refractivity (Wildman–Crippen MR) is 71.8 cm³/mol. The van der Waals surface area contributed by atoms with E-state index >= 15 is 0 Å². The third-order valence-electron chi connectivity index (χ3n) is 3.90. The van der Waals surface area contributed by atoms with Crippen LogP contribution >= 0.6 is 0 Å². The summed E-state index contributed by atoms with van der Waals surface area (Å²) < 4.78 is 37.3. The van der Waals surface area contributed by atoms with Gasteiger partial charge >= 0.3 is 12.1 Å². The van der Waals surface area contributed by atoms with E-state index in [1.165, 1.54) is 12.1 Å².